The smallest absolute Gasteiger partial charge is 0.325 e. The van der Waals surface area contributed by atoms with Crippen molar-refractivity contribution in [3.05, 3.63) is 42.5 Å². The van der Waals surface area contributed by atoms with Gasteiger partial charge in [0.15, 0.2) is 11.5 Å². The molecule has 11 heteroatoms. The molecule has 0 bridgehead atoms. The van der Waals surface area contributed by atoms with Gasteiger partial charge in [-0.05, 0) is 43.4 Å². The van der Waals surface area contributed by atoms with Crippen LogP contribution < -0.4 is 30.3 Å². The van der Waals surface area contributed by atoms with Gasteiger partial charge in [0.2, 0.25) is 11.8 Å². The monoisotopic (exact) mass is 497 g/mol. The van der Waals surface area contributed by atoms with Crippen LogP contribution in [-0.2, 0) is 14.3 Å². The summed E-state index contributed by atoms with van der Waals surface area (Å²) in [5, 5.41) is 7.75. The summed E-state index contributed by atoms with van der Waals surface area (Å²) >= 11 is 0. The summed E-state index contributed by atoms with van der Waals surface area (Å²) in [6.45, 7) is 4.48. The Hall–Kier alpha value is -3.83. The van der Waals surface area contributed by atoms with Gasteiger partial charge in [0.25, 0.3) is 0 Å². The minimum Gasteiger partial charge on any atom is -0.486 e. The van der Waals surface area contributed by atoms with Crippen LogP contribution in [0.5, 0.6) is 11.5 Å². The number of rotatable bonds is 8. The Kier molecular flexibility index (Phi) is 8.58. The van der Waals surface area contributed by atoms with Crippen LogP contribution in [0.15, 0.2) is 42.5 Å². The third kappa shape index (κ3) is 7.33. The first kappa shape index (κ1) is 25.3. The Bertz CT molecular complexity index is 1070. The molecule has 11 nitrogen and oxygen atoms in total. The second-order valence-corrected chi connectivity index (χ2v) is 8.54. The topological polar surface area (TPSA) is 121 Å². The summed E-state index contributed by atoms with van der Waals surface area (Å²) < 4.78 is 16.3. The normalized spacial score (nSPS) is 14.8. The zero-order chi connectivity index (χ0) is 25.3. The summed E-state index contributed by atoms with van der Waals surface area (Å²) in [7, 11) is 1.74. The first-order valence-electron chi connectivity index (χ1n) is 11.9. The number of likely N-dealkylation sites (N-methyl/N-ethyl adjacent to an activating group) is 1. The number of imide groups is 1. The number of anilines is 3. The molecule has 2 heterocycles. The first-order chi connectivity index (χ1) is 17.5. The molecule has 2 aliphatic rings. The molecule has 36 heavy (non-hydrogen) atoms. The molecule has 4 amide bonds. The van der Waals surface area contributed by atoms with E-state index in [0.29, 0.717) is 55.8 Å². The van der Waals surface area contributed by atoms with Crippen molar-refractivity contribution in [2.45, 2.75) is 6.42 Å². The lowest BCUT2D eigenvalue weighted by atomic mass is 10.2. The van der Waals surface area contributed by atoms with Crippen LogP contribution in [0.4, 0.5) is 21.9 Å². The maximum Gasteiger partial charge on any atom is 0.325 e. The number of nitrogens with zero attached hydrogens (tertiary/aromatic N) is 2. The first-order valence-corrected chi connectivity index (χ1v) is 11.9. The Morgan fingerprint density at radius 1 is 0.861 bits per heavy atom. The van der Waals surface area contributed by atoms with Crippen molar-refractivity contribution in [2.24, 2.45) is 0 Å². The highest BCUT2D eigenvalue weighted by atomic mass is 16.6. The maximum absolute atomic E-state index is 12.4. The summed E-state index contributed by atoms with van der Waals surface area (Å²) in [6.07, 6.45) is 0.0621. The molecular weight excluding hydrogens is 466 g/mol. The van der Waals surface area contributed by atoms with E-state index in [9.17, 15) is 14.4 Å². The van der Waals surface area contributed by atoms with Crippen LogP contribution in [-0.4, -0.2) is 82.4 Å². The molecule has 1 fully saturated rings. The van der Waals surface area contributed by atoms with E-state index in [4.69, 9.17) is 14.2 Å². The molecule has 2 aromatic carbocycles. The van der Waals surface area contributed by atoms with E-state index >= 15 is 0 Å². The van der Waals surface area contributed by atoms with Crippen LogP contribution in [0, 0.1) is 0 Å². The second kappa shape index (κ2) is 12.2. The van der Waals surface area contributed by atoms with E-state index in [1.807, 2.05) is 24.3 Å². The van der Waals surface area contributed by atoms with Crippen molar-refractivity contribution < 1.29 is 28.6 Å². The van der Waals surface area contributed by atoms with Gasteiger partial charge in [-0.25, -0.2) is 4.79 Å². The molecule has 0 unspecified atom stereocenters. The van der Waals surface area contributed by atoms with Crippen LogP contribution in [0.25, 0.3) is 0 Å². The Labute approximate surface area is 209 Å². The number of benzene rings is 2. The van der Waals surface area contributed by atoms with E-state index in [-0.39, 0.29) is 18.9 Å². The molecule has 2 aromatic rings. The highest BCUT2D eigenvalue weighted by Crippen LogP contribution is 2.32. The fraction of sp³-hybridized carbons (Fsp3) is 0.400. The van der Waals surface area contributed by atoms with Gasteiger partial charge in [-0.2, -0.15) is 0 Å². The molecule has 0 saturated carbocycles. The number of amides is 4. The van der Waals surface area contributed by atoms with Crippen molar-refractivity contribution in [3.63, 3.8) is 0 Å². The van der Waals surface area contributed by atoms with E-state index in [1.54, 1.807) is 30.1 Å². The number of carbonyl (C=O) groups excluding carboxylic acids is 3. The fourth-order valence-electron chi connectivity index (χ4n) is 3.87. The van der Waals surface area contributed by atoms with Crippen molar-refractivity contribution in [3.8, 4) is 11.5 Å². The number of fused-ring (bicyclic) bond motifs is 1. The molecule has 1 saturated heterocycles. The maximum atomic E-state index is 12.4. The lowest BCUT2D eigenvalue weighted by Crippen LogP contribution is -2.37. The largest absolute Gasteiger partial charge is 0.486 e. The lowest BCUT2D eigenvalue weighted by Gasteiger charge is -2.28. The van der Waals surface area contributed by atoms with E-state index in [0.717, 1.165) is 18.8 Å². The lowest BCUT2D eigenvalue weighted by molar-refractivity contribution is -0.121. The SMILES string of the molecule is CN(CCC(=O)NC(=O)Nc1ccc2c(c1)OCCO2)CC(=O)Nc1ccc(N2CCOCC2)cc1. The summed E-state index contributed by atoms with van der Waals surface area (Å²) in [5.74, 6) is 0.517. The number of morpholine rings is 1. The van der Waals surface area contributed by atoms with Gasteiger partial charge in [-0.3, -0.25) is 19.8 Å². The van der Waals surface area contributed by atoms with Gasteiger partial charge < -0.3 is 29.7 Å². The zero-order valence-corrected chi connectivity index (χ0v) is 20.2. The number of hydrogen-bond acceptors (Lipinski definition) is 8. The summed E-state index contributed by atoms with van der Waals surface area (Å²) in [5.41, 5.74) is 2.28. The average Bonchev–Trinajstić information content (AvgIpc) is 2.88. The third-order valence-corrected chi connectivity index (χ3v) is 5.71. The van der Waals surface area contributed by atoms with E-state index in [2.05, 4.69) is 20.9 Å². The van der Waals surface area contributed by atoms with Gasteiger partial charge in [-0.15, -0.1) is 0 Å². The number of carbonyl (C=O) groups is 3. The minimum atomic E-state index is -0.641. The average molecular weight is 498 g/mol. The molecule has 0 radical (unpaired) electrons. The van der Waals surface area contributed by atoms with Gasteiger partial charge in [0.1, 0.15) is 13.2 Å². The van der Waals surface area contributed by atoms with Crippen molar-refractivity contribution >= 4 is 34.9 Å². The number of nitrogens with one attached hydrogen (secondary N) is 3. The molecule has 2 aliphatic heterocycles. The summed E-state index contributed by atoms with van der Waals surface area (Å²) in [4.78, 5) is 40.6. The van der Waals surface area contributed by atoms with Crippen LogP contribution in [0.3, 0.4) is 0 Å². The van der Waals surface area contributed by atoms with Crippen molar-refractivity contribution in [1.82, 2.24) is 10.2 Å². The highest BCUT2D eigenvalue weighted by Gasteiger charge is 2.15. The molecule has 0 spiro atoms. The molecule has 3 N–H and O–H groups in total. The van der Waals surface area contributed by atoms with Crippen LogP contribution in [0.2, 0.25) is 0 Å². The zero-order valence-electron chi connectivity index (χ0n) is 20.2. The van der Waals surface area contributed by atoms with Gasteiger partial charge >= 0.3 is 6.03 Å². The second-order valence-electron chi connectivity index (χ2n) is 8.54. The standard InChI is InChI=1S/C25H31N5O6/c1-29(17-24(32)26-18-2-5-20(6-3-18)30-10-12-34-13-11-30)9-8-23(31)28-25(33)27-19-4-7-21-22(16-19)36-15-14-35-21/h2-7,16H,8-15,17H2,1H3,(H,26,32)(H2,27,28,31,33). The third-order valence-electron chi connectivity index (χ3n) is 5.71. The highest BCUT2D eigenvalue weighted by molar-refractivity contribution is 6.01. The molecule has 0 atom stereocenters. The van der Waals surface area contributed by atoms with Gasteiger partial charge in [0.05, 0.1) is 19.8 Å². The predicted octanol–water partition coefficient (Wildman–Crippen LogP) is 1.90. The molecule has 0 aliphatic carbocycles. The minimum absolute atomic E-state index is 0.0621. The fourth-order valence-corrected chi connectivity index (χ4v) is 3.87. The number of urea groups is 1. The quantitative estimate of drug-likeness (QED) is 0.506. The Balaban J connectivity index is 1.14. The van der Waals surface area contributed by atoms with E-state index < -0.39 is 11.9 Å². The van der Waals surface area contributed by atoms with Crippen LogP contribution >= 0.6 is 0 Å². The van der Waals surface area contributed by atoms with Crippen molar-refractivity contribution in [2.75, 3.05) is 75.2 Å². The molecule has 4 rings (SSSR count). The molecule has 0 aromatic heterocycles. The molecule has 192 valence electrons. The number of hydrogen-bond donors (Lipinski definition) is 3. The Morgan fingerprint density at radius 3 is 2.31 bits per heavy atom. The van der Waals surface area contributed by atoms with Gasteiger partial charge in [0, 0.05) is 49.2 Å². The van der Waals surface area contributed by atoms with Gasteiger partial charge in [-0.1, -0.05) is 0 Å². The molecular formula is C25H31N5O6. The van der Waals surface area contributed by atoms with Crippen molar-refractivity contribution in [1.29, 1.82) is 0 Å². The van der Waals surface area contributed by atoms with E-state index in [1.165, 1.54) is 0 Å². The number of ether oxygens (including phenoxy) is 3. The summed E-state index contributed by atoms with van der Waals surface area (Å²) in [6, 6.07) is 12.1. The van der Waals surface area contributed by atoms with Crippen LogP contribution in [0.1, 0.15) is 6.42 Å². The predicted molar refractivity (Wildman–Crippen MR) is 135 cm³/mol. The Morgan fingerprint density at radius 2 is 1.56 bits per heavy atom.